The molecule has 1 unspecified atom stereocenters. The van der Waals surface area contributed by atoms with Crippen LogP contribution in [0.2, 0.25) is 0 Å². The van der Waals surface area contributed by atoms with Crippen molar-refractivity contribution in [1.82, 2.24) is 15.5 Å². The molecule has 1 heterocycles. The van der Waals surface area contributed by atoms with E-state index in [-0.39, 0.29) is 23.6 Å². The van der Waals surface area contributed by atoms with Crippen LogP contribution in [0.15, 0.2) is 53.4 Å². The van der Waals surface area contributed by atoms with Crippen LogP contribution in [-0.4, -0.2) is 70.5 Å². The molecule has 0 radical (unpaired) electrons. The Hall–Kier alpha value is -2.55. The zero-order chi connectivity index (χ0) is 28.5. The second-order valence-corrected chi connectivity index (χ2v) is 12.5. The number of aromatic hydroxyl groups is 1. The van der Waals surface area contributed by atoms with Crippen LogP contribution >= 0.6 is 11.8 Å². The van der Waals surface area contributed by atoms with Gasteiger partial charge in [0, 0.05) is 41.4 Å². The predicted octanol–water partition coefficient (Wildman–Crippen LogP) is 4.75. The van der Waals surface area contributed by atoms with Crippen molar-refractivity contribution in [2.24, 2.45) is 11.8 Å². The number of phenols is 1. The van der Waals surface area contributed by atoms with E-state index in [0.29, 0.717) is 41.8 Å². The van der Waals surface area contributed by atoms with Gasteiger partial charge in [0.15, 0.2) is 0 Å². The van der Waals surface area contributed by atoms with Crippen molar-refractivity contribution in [3.8, 4) is 5.75 Å². The minimum absolute atomic E-state index is 0.0549. The molecule has 1 aliphatic heterocycles. The van der Waals surface area contributed by atoms with E-state index in [0.717, 1.165) is 30.7 Å². The molecule has 1 aliphatic carbocycles. The maximum atomic E-state index is 13.3. The number of phenolic OH excluding ortho intramolecular Hbond substituents is 1. The van der Waals surface area contributed by atoms with Gasteiger partial charge in [-0.3, -0.25) is 14.5 Å². The van der Waals surface area contributed by atoms with Gasteiger partial charge in [0.25, 0.3) is 5.91 Å². The summed E-state index contributed by atoms with van der Waals surface area (Å²) in [6, 6.07) is 14.0. The molecule has 2 aliphatic rings. The van der Waals surface area contributed by atoms with E-state index < -0.39 is 12.1 Å². The van der Waals surface area contributed by atoms with Gasteiger partial charge >= 0.3 is 0 Å². The standard InChI is InChI=1S/C32H45N3O4S/c1-3-4-17-33-32(39)28-18-23-11-8-9-12-24(23)19-35(28)20-30(37)27(21-40-25-13-6-5-7-14-25)34-31(38)26-15-10-16-29(36)22(26)2/h5-7,10,13-16,23-24,27-28,30,36-37H,3-4,8-9,11-12,17-21H2,1-2H3,(H,33,39)(H,34,38)/t23-,24+,27-,28?,30+/m0/s1. The van der Waals surface area contributed by atoms with E-state index in [4.69, 9.17) is 0 Å². The summed E-state index contributed by atoms with van der Waals surface area (Å²) < 4.78 is 0. The summed E-state index contributed by atoms with van der Waals surface area (Å²) in [5, 5.41) is 27.9. The third kappa shape index (κ3) is 8.02. The van der Waals surface area contributed by atoms with Crippen molar-refractivity contribution in [3.05, 3.63) is 59.7 Å². The van der Waals surface area contributed by atoms with Gasteiger partial charge in [-0.05, 0) is 62.3 Å². The van der Waals surface area contributed by atoms with Crippen molar-refractivity contribution in [2.75, 3.05) is 25.4 Å². The van der Waals surface area contributed by atoms with Gasteiger partial charge in [-0.1, -0.05) is 56.9 Å². The van der Waals surface area contributed by atoms with Crippen LogP contribution in [0.4, 0.5) is 0 Å². The maximum absolute atomic E-state index is 13.3. The number of benzene rings is 2. The molecule has 5 atom stereocenters. The lowest BCUT2D eigenvalue weighted by Gasteiger charge is -2.46. The molecule has 0 bridgehead atoms. The zero-order valence-electron chi connectivity index (χ0n) is 23.9. The first kappa shape index (κ1) is 30.4. The maximum Gasteiger partial charge on any atom is 0.252 e. The molecule has 218 valence electrons. The molecule has 4 rings (SSSR count). The quantitative estimate of drug-likeness (QED) is 0.218. The number of fused-ring (bicyclic) bond motifs is 1. The summed E-state index contributed by atoms with van der Waals surface area (Å²) in [7, 11) is 0. The van der Waals surface area contributed by atoms with E-state index in [1.54, 1.807) is 36.9 Å². The summed E-state index contributed by atoms with van der Waals surface area (Å²) in [6.45, 7) is 5.61. The molecule has 2 aromatic rings. The molecule has 40 heavy (non-hydrogen) atoms. The Morgan fingerprint density at radius 2 is 1.82 bits per heavy atom. The van der Waals surface area contributed by atoms with Crippen molar-refractivity contribution in [2.45, 2.75) is 81.9 Å². The Labute approximate surface area is 243 Å². The third-order valence-electron chi connectivity index (χ3n) is 8.56. The Kier molecular flexibility index (Phi) is 11.3. The Morgan fingerprint density at radius 1 is 1.07 bits per heavy atom. The lowest BCUT2D eigenvalue weighted by Crippen LogP contribution is -2.59. The molecule has 4 N–H and O–H groups in total. The number of unbranched alkanes of at least 4 members (excludes halogenated alkanes) is 1. The summed E-state index contributed by atoms with van der Waals surface area (Å²) in [4.78, 5) is 29.9. The highest BCUT2D eigenvalue weighted by molar-refractivity contribution is 7.99. The average molecular weight is 568 g/mol. The Bertz CT molecular complexity index is 1110. The fraction of sp³-hybridized carbons (Fsp3) is 0.562. The number of amides is 2. The number of nitrogens with zero attached hydrogens (tertiary/aromatic N) is 1. The molecule has 1 saturated heterocycles. The lowest BCUT2D eigenvalue weighted by atomic mass is 9.72. The normalized spacial score (nSPS) is 22.6. The minimum atomic E-state index is -0.871. The van der Waals surface area contributed by atoms with Crippen molar-refractivity contribution in [3.63, 3.8) is 0 Å². The summed E-state index contributed by atoms with van der Waals surface area (Å²) in [6.07, 6.45) is 6.73. The summed E-state index contributed by atoms with van der Waals surface area (Å²) in [5.74, 6) is 1.37. The molecular formula is C32H45N3O4S. The van der Waals surface area contributed by atoms with Crippen LogP contribution in [-0.2, 0) is 4.79 Å². The van der Waals surface area contributed by atoms with Crippen LogP contribution in [0.5, 0.6) is 5.75 Å². The lowest BCUT2D eigenvalue weighted by molar-refractivity contribution is -0.131. The monoisotopic (exact) mass is 567 g/mol. The van der Waals surface area contributed by atoms with Crippen LogP contribution in [0, 0.1) is 18.8 Å². The number of β-amino-alcohol motifs (C(OH)–C–C–N with tert-alkyl or cyclic N) is 1. The van der Waals surface area contributed by atoms with Gasteiger partial charge in [0.05, 0.1) is 18.2 Å². The third-order valence-corrected chi connectivity index (χ3v) is 9.69. The van der Waals surface area contributed by atoms with Crippen LogP contribution < -0.4 is 10.6 Å². The molecular weight excluding hydrogens is 522 g/mol. The molecule has 1 saturated carbocycles. The van der Waals surface area contributed by atoms with E-state index in [1.165, 1.54) is 25.7 Å². The first-order valence-electron chi connectivity index (χ1n) is 14.8. The van der Waals surface area contributed by atoms with Crippen molar-refractivity contribution >= 4 is 23.6 Å². The van der Waals surface area contributed by atoms with E-state index in [9.17, 15) is 19.8 Å². The summed E-state index contributed by atoms with van der Waals surface area (Å²) >= 11 is 1.58. The smallest absolute Gasteiger partial charge is 0.252 e. The van der Waals surface area contributed by atoms with E-state index in [2.05, 4.69) is 22.5 Å². The number of aliphatic hydroxyl groups excluding tert-OH is 1. The number of hydrogen-bond donors (Lipinski definition) is 4. The molecule has 2 amide bonds. The van der Waals surface area contributed by atoms with Gasteiger partial charge in [0.1, 0.15) is 5.75 Å². The highest BCUT2D eigenvalue weighted by Crippen LogP contribution is 2.39. The topological polar surface area (TPSA) is 102 Å². The fourth-order valence-electron chi connectivity index (χ4n) is 6.11. The van der Waals surface area contributed by atoms with Crippen molar-refractivity contribution in [1.29, 1.82) is 0 Å². The van der Waals surface area contributed by atoms with Gasteiger partial charge in [-0.25, -0.2) is 0 Å². The predicted molar refractivity (Wildman–Crippen MR) is 161 cm³/mol. The fourth-order valence-corrected chi connectivity index (χ4v) is 7.14. The SMILES string of the molecule is CCCCNC(=O)C1C[C@@H]2CCCC[C@@H]2CN1C[C@@H](O)[C@H](CSc1ccccc1)NC(=O)c1cccc(O)c1C. The zero-order valence-corrected chi connectivity index (χ0v) is 24.7. The van der Waals surface area contributed by atoms with Crippen LogP contribution in [0.3, 0.4) is 0 Å². The largest absolute Gasteiger partial charge is 0.508 e. The molecule has 2 fully saturated rings. The number of rotatable bonds is 12. The number of piperidine rings is 1. The first-order valence-corrected chi connectivity index (χ1v) is 15.8. The summed E-state index contributed by atoms with van der Waals surface area (Å²) in [5.41, 5.74) is 0.894. The number of nitrogens with one attached hydrogen (secondary N) is 2. The van der Waals surface area contributed by atoms with Gasteiger partial charge in [0.2, 0.25) is 5.91 Å². The average Bonchev–Trinajstić information content (AvgIpc) is 2.96. The number of hydrogen-bond acceptors (Lipinski definition) is 6. The molecule has 8 heteroatoms. The number of thioether (sulfide) groups is 1. The second-order valence-electron chi connectivity index (χ2n) is 11.4. The van der Waals surface area contributed by atoms with E-state index >= 15 is 0 Å². The Morgan fingerprint density at radius 3 is 2.58 bits per heavy atom. The van der Waals surface area contributed by atoms with Crippen molar-refractivity contribution < 1.29 is 19.8 Å². The van der Waals surface area contributed by atoms with E-state index in [1.807, 2.05) is 30.3 Å². The second kappa shape index (κ2) is 14.9. The Balaban J connectivity index is 1.51. The van der Waals surface area contributed by atoms with Crippen LogP contribution in [0.25, 0.3) is 0 Å². The number of carbonyl (C=O) groups excluding carboxylic acids is 2. The van der Waals surface area contributed by atoms with Crippen LogP contribution in [0.1, 0.15) is 67.8 Å². The number of aliphatic hydroxyl groups is 1. The number of likely N-dealkylation sites (tertiary alicyclic amines) is 1. The molecule has 0 aromatic heterocycles. The van der Waals surface area contributed by atoms with Gasteiger partial charge in [-0.2, -0.15) is 0 Å². The molecule has 7 nitrogen and oxygen atoms in total. The minimum Gasteiger partial charge on any atom is -0.508 e. The molecule has 0 spiro atoms. The highest BCUT2D eigenvalue weighted by Gasteiger charge is 2.41. The number of carbonyl (C=O) groups is 2. The van der Waals surface area contributed by atoms with Gasteiger partial charge < -0.3 is 20.8 Å². The molecule has 2 aromatic carbocycles. The first-order chi connectivity index (χ1) is 19.4. The van der Waals surface area contributed by atoms with Gasteiger partial charge in [-0.15, -0.1) is 11.8 Å². The highest BCUT2D eigenvalue weighted by atomic mass is 32.2.